The number of carboxylic acids is 4. The lowest BCUT2D eigenvalue weighted by atomic mass is 10.1. The van der Waals surface area contributed by atoms with Gasteiger partial charge < -0.3 is 25.2 Å². The largest absolute Gasteiger partial charge is 0.487 e. The van der Waals surface area contributed by atoms with E-state index in [0.29, 0.717) is 0 Å². The van der Waals surface area contributed by atoms with Crippen LogP contribution in [0.15, 0.2) is 42.6 Å². The van der Waals surface area contributed by atoms with Gasteiger partial charge in [0.2, 0.25) is 0 Å². The number of hydrogen-bond donors (Lipinski definition) is 4. The van der Waals surface area contributed by atoms with E-state index in [1.54, 1.807) is 0 Å². The van der Waals surface area contributed by atoms with Crippen LogP contribution in [-0.4, -0.2) is 59.3 Å². The van der Waals surface area contributed by atoms with E-state index in [1.165, 1.54) is 18.3 Å². The van der Waals surface area contributed by atoms with Gasteiger partial charge in [-0.2, -0.15) is 0 Å². The second-order valence-electron chi connectivity index (χ2n) is 6.18. The van der Waals surface area contributed by atoms with E-state index in [9.17, 15) is 19.2 Å². The third-order valence-corrected chi connectivity index (χ3v) is 4.00. The van der Waals surface area contributed by atoms with Crippen LogP contribution in [0.5, 0.6) is 5.75 Å². The lowest BCUT2D eigenvalue weighted by Gasteiger charge is -2.07. The van der Waals surface area contributed by atoms with E-state index in [0.717, 1.165) is 28.9 Å². The molecule has 3 aromatic rings. The summed E-state index contributed by atoms with van der Waals surface area (Å²) in [5, 5.41) is 44.1. The summed E-state index contributed by atoms with van der Waals surface area (Å²) < 4.78 is 6.56. The summed E-state index contributed by atoms with van der Waals surface area (Å²) in [5.41, 5.74) is -0.687. The molecule has 0 saturated carbocycles. The van der Waals surface area contributed by atoms with Gasteiger partial charge in [-0.3, -0.25) is 0 Å². The molecule has 0 aliphatic heterocycles. The number of rotatable bonds is 8. The Kier molecular flexibility index (Phi) is 5.63. The third-order valence-electron chi connectivity index (χ3n) is 4.00. The highest BCUT2D eigenvalue weighted by Crippen LogP contribution is 2.20. The Labute approximate surface area is 172 Å². The van der Waals surface area contributed by atoms with Crippen molar-refractivity contribution in [2.75, 3.05) is 0 Å². The number of benzene rings is 2. The van der Waals surface area contributed by atoms with Gasteiger partial charge in [-0.15, -0.1) is 5.10 Å². The molecule has 0 unspecified atom stereocenters. The smallest absolute Gasteiger partial charge is 0.335 e. The molecular formula is C19H13N3O9. The van der Waals surface area contributed by atoms with Crippen molar-refractivity contribution in [3.63, 3.8) is 0 Å². The van der Waals surface area contributed by atoms with E-state index in [1.807, 2.05) is 0 Å². The number of carboxylic acid groups (broad SMARTS) is 4. The number of carbonyl (C=O) groups is 4. The number of ether oxygens (including phenoxy) is 1. The quantitative estimate of drug-likeness (QED) is 0.409. The summed E-state index contributed by atoms with van der Waals surface area (Å²) in [6.45, 7) is -0.216. The Bertz CT molecular complexity index is 1150. The van der Waals surface area contributed by atoms with E-state index < -0.39 is 23.9 Å². The highest BCUT2D eigenvalue weighted by molar-refractivity contribution is 5.95. The summed E-state index contributed by atoms with van der Waals surface area (Å²) in [5.74, 6) is -5.31. The average molecular weight is 427 g/mol. The molecule has 4 N–H and O–H groups in total. The molecule has 12 nitrogen and oxygen atoms in total. The zero-order valence-electron chi connectivity index (χ0n) is 15.4. The molecule has 12 heteroatoms. The molecular weight excluding hydrogens is 414 g/mol. The van der Waals surface area contributed by atoms with Gasteiger partial charge in [-0.05, 0) is 36.4 Å². The zero-order valence-corrected chi connectivity index (χ0v) is 15.4. The summed E-state index contributed by atoms with van der Waals surface area (Å²) in [4.78, 5) is 44.8. The fourth-order valence-corrected chi connectivity index (χ4v) is 2.57. The van der Waals surface area contributed by atoms with Gasteiger partial charge in [0.25, 0.3) is 0 Å². The van der Waals surface area contributed by atoms with E-state index >= 15 is 0 Å². The van der Waals surface area contributed by atoms with Crippen LogP contribution in [0.2, 0.25) is 0 Å². The average Bonchev–Trinajstić information content (AvgIpc) is 3.20. The lowest BCUT2D eigenvalue weighted by molar-refractivity contribution is 0.0676. The van der Waals surface area contributed by atoms with Crippen LogP contribution in [-0.2, 0) is 6.61 Å². The molecule has 1 heterocycles. The fraction of sp³-hybridized carbons (Fsp3) is 0.0526. The Morgan fingerprint density at radius 3 is 1.65 bits per heavy atom. The van der Waals surface area contributed by atoms with Crippen LogP contribution in [0, 0.1) is 0 Å². The Morgan fingerprint density at radius 1 is 0.742 bits per heavy atom. The predicted octanol–water partition coefficient (Wildman–Crippen LogP) is 1.64. The van der Waals surface area contributed by atoms with Crippen LogP contribution < -0.4 is 4.74 Å². The first kappa shape index (κ1) is 21.0. The maximum absolute atomic E-state index is 11.2. The van der Waals surface area contributed by atoms with Crippen LogP contribution in [0.1, 0.15) is 47.1 Å². The normalized spacial score (nSPS) is 10.5. The molecule has 0 atom stereocenters. The van der Waals surface area contributed by atoms with Crippen LogP contribution in [0.4, 0.5) is 0 Å². The highest BCUT2D eigenvalue weighted by Gasteiger charge is 2.15. The maximum atomic E-state index is 11.2. The highest BCUT2D eigenvalue weighted by atomic mass is 16.5. The first-order valence-corrected chi connectivity index (χ1v) is 8.42. The van der Waals surface area contributed by atoms with Crippen LogP contribution >= 0.6 is 0 Å². The third kappa shape index (κ3) is 4.82. The standard InChI is InChI=1S/C19H13N3O9/c23-16(24)9-1-10(17(25)26)4-14(3-9)22-7-13(20-21-22)8-31-15-5-11(18(27)28)2-12(6-15)19(29)30/h1-7H,8H2,(H,23,24)(H,25,26)(H,27,28)(H,29,30). The molecule has 31 heavy (non-hydrogen) atoms. The molecule has 2 aromatic carbocycles. The first-order chi connectivity index (χ1) is 14.6. The van der Waals surface area contributed by atoms with Crippen molar-refractivity contribution in [2.24, 2.45) is 0 Å². The molecule has 0 amide bonds. The van der Waals surface area contributed by atoms with Crippen LogP contribution in [0.3, 0.4) is 0 Å². The van der Waals surface area contributed by atoms with E-state index in [4.69, 9.17) is 25.2 Å². The topological polar surface area (TPSA) is 189 Å². The minimum absolute atomic E-state index is 0.0205. The summed E-state index contributed by atoms with van der Waals surface area (Å²) >= 11 is 0. The van der Waals surface area contributed by atoms with Crippen molar-refractivity contribution in [1.29, 1.82) is 0 Å². The van der Waals surface area contributed by atoms with Crippen LogP contribution in [0.25, 0.3) is 5.69 Å². The minimum atomic E-state index is -1.33. The van der Waals surface area contributed by atoms with Gasteiger partial charge in [0.1, 0.15) is 18.1 Å². The summed E-state index contributed by atoms with van der Waals surface area (Å²) in [6.07, 6.45) is 1.35. The number of aromatic nitrogens is 3. The van der Waals surface area contributed by atoms with Crippen molar-refractivity contribution >= 4 is 23.9 Å². The van der Waals surface area contributed by atoms with Gasteiger partial charge in [0, 0.05) is 0 Å². The van der Waals surface area contributed by atoms with E-state index in [-0.39, 0.29) is 46.0 Å². The maximum Gasteiger partial charge on any atom is 0.335 e. The molecule has 0 spiro atoms. The Balaban J connectivity index is 1.84. The fourth-order valence-electron chi connectivity index (χ4n) is 2.57. The number of aromatic carboxylic acids is 4. The molecule has 158 valence electrons. The Hall–Kier alpha value is -4.74. The Morgan fingerprint density at radius 2 is 1.19 bits per heavy atom. The molecule has 0 fully saturated rings. The molecule has 3 rings (SSSR count). The molecule has 1 aromatic heterocycles. The van der Waals surface area contributed by atoms with Gasteiger partial charge in [0.05, 0.1) is 34.1 Å². The molecule has 0 aliphatic carbocycles. The van der Waals surface area contributed by atoms with Crippen molar-refractivity contribution in [3.05, 3.63) is 70.5 Å². The number of nitrogens with zero attached hydrogens (tertiary/aromatic N) is 3. The first-order valence-electron chi connectivity index (χ1n) is 8.42. The molecule has 0 aliphatic rings. The monoisotopic (exact) mass is 427 g/mol. The van der Waals surface area contributed by atoms with E-state index in [2.05, 4.69) is 10.3 Å². The summed E-state index contributed by atoms with van der Waals surface area (Å²) in [6, 6.07) is 6.71. The second-order valence-corrected chi connectivity index (χ2v) is 6.18. The summed E-state index contributed by atoms with van der Waals surface area (Å²) in [7, 11) is 0. The lowest BCUT2D eigenvalue weighted by Crippen LogP contribution is -2.06. The number of hydrogen-bond acceptors (Lipinski definition) is 7. The van der Waals surface area contributed by atoms with Gasteiger partial charge >= 0.3 is 23.9 Å². The van der Waals surface area contributed by atoms with Gasteiger partial charge in [-0.1, -0.05) is 5.21 Å². The molecule has 0 bridgehead atoms. The van der Waals surface area contributed by atoms with Crippen molar-refractivity contribution < 1.29 is 44.3 Å². The minimum Gasteiger partial charge on any atom is -0.487 e. The van der Waals surface area contributed by atoms with Crippen molar-refractivity contribution in [3.8, 4) is 11.4 Å². The molecule has 0 radical (unpaired) electrons. The van der Waals surface area contributed by atoms with Gasteiger partial charge in [-0.25, -0.2) is 23.9 Å². The van der Waals surface area contributed by atoms with Gasteiger partial charge in [0.15, 0.2) is 0 Å². The predicted molar refractivity (Wildman–Crippen MR) is 100.0 cm³/mol. The SMILES string of the molecule is O=C(O)c1cc(OCc2cn(-c3cc(C(=O)O)cc(C(=O)O)c3)nn2)cc(C(=O)O)c1. The second kappa shape index (κ2) is 8.32. The zero-order chi connectivity index (χ0) is 22.7. The van der Waals surface area contributed by atoms with Crippen molar-refractivity contribution in [2.45, 2.75) is 6.61 Å². The van der Waals surface area contributed by atoms with Crippen molar-refractivity contribution in [1.82, 2.24) is 15.0 Å². The molecule has 0 saturated heterocycles.